The van der Waals surface area contributed by atoms with E-state index in [0.29, 0.717) is 22.3 Å². The van der Waals surface area contributed by atoms with E-state index in [9.17, 15) is 34.2 Å². The van der Waals surface area contributed by atoms with Gasteiger partial charge >= 0.3 is 17.9 Å². The van der Waals surface area contributed by atoms with Gasteiger partial charge in [0.2, 0.25) is 0 Å². The summed E-state index contributed by atoms with van der Waals surface area (Å²) in [5, 5.41) is 22.9. The summed E-state index contributed by atoms with van der Waals surface area (Å²) in [5.41, 5.74) is 3.34. The van der Waals surface area contributed by atoms with Crippen LogP contribution in [-0.2, 0) is 17.8 Å². The number of nitrogens with one attached hydrogen (secondary N) is 2. The molecule has 6 N–H and O–H groups in total. The predicted octanol–water partition coefficient (Wildman–Crippen LogP) is 6.07. The van der Waals surface area contributed by atoms with Crippen molar-refractivity contribution in [3.8, 4) is 5.75 Å². The summed E-state index contributed by atoms with van der Waals surface area (Å²) in [6.45, 7) is 10.5. The van der Waals surface area contributed by atoms with Gasteiger partial charge in [-0.2, -0.15) is 0 Å². The topological polar surface area (TPSA) is 232 Å². The number of hydrogen-bond donors (Lipinski definition) is 5. The lowest BCUT2D eigenvalue weighted by Gasteiger charge is -2.32. The quantitative estimate of drug-likeness (QED) is 0.141. The first-order valence-corrected chi connectivity index (χ1v) is 14.9. The number of halogens is 2. The number of aromatic hydroxyl groups is 1. The third-order valence-electron chi connectivity index (χ3n) is 6.59. The summed E-state index contributed by atoms with van der Waals surface area (Å²) in [4.78, 5) is 61.2. The fraction of sp³-hybridized carbons (Fsp3) is 0.323. The molecule has 5 aromatic rings. The molecule has 3 heterocycles. The highest BCUT2D eigenvalue weighted by Gasteiger charge is 2.28. The fourth-order valence-corrected chi connectivity index (χ4v) is 5.04. The van der Waals surface area contributed by atoms with Gasteiger partial charge in [-0.15, -0.1) is 0 Å². The summed E-state index contributed by atoms with van der Waals surface area (Å²) in [7, 11) is 0. The van der Waals surface area contributed by atoms with Crippen LogP contribution in [0.5, 0.6) is 5.75 Å². The van der Waals surface area contributed by atoms with Crippen molar-refractivity contribution in [2.24, 2.45) is 5.73 Å². The van der Waals surface area contributed by atoms with Crippen molar-refractivity contribution in [3.05, 3.63) is 72.3 Å². The molecule has 0 unspecified atom stereocenters. The van der Waals surface area contributed by atoms with Crippen LogP contribution in [0.4, 0.5) is 9.59 Å². The van der Waals surface area contributed by atoms with Gasteiger partial charge in [-0.25, -0.2) is 14.4 Å². The Bertz CT molecular complexity index is 2180. The molecule has 3 aromatic heterocycles. The Hall–Kier alpha value is -5.15. The maximum atomic E-state index is 12.1. The van der Waals surface area contributed by atoms with Gasteiger partial charge in [0.15, 0.2) is 22.5 Å². The van der Waals surface area contributed by atoms with Gasteiger partial charge < -0.3 is 39.3 Å². The zero-order valence-corrected chi connectivity index (χ0v) is 28.1. The normalized spacial score (nSPS) is 11.8. The smallest absolute Gasteiger partial charge is 0.419 e. The van der Waals surface area contributed by atoms with Crippen LogP contribution in [0.2, 0.25) is 10.0 Å². The van der Waals surface area contributed by atoms with Gasteiger partial charge in [-0.3, -0.25) is 19.5 Å². The average Bonchev–Trinajstić information content (AvgIpc) is 3.52. The highest BCUT2D eigenvalue weighted by Crippen LogP contribution is 2.36. The Morgan fingerprint density at radius 1 is 0.917 bits per heavy atom. The fourth-order valence-electron chi connectivity index (χ4n) is 4.57. The number of primary amides is 1. The number of furan rings is 2. The minimum absolute atomic E-state index is 0.0237. The summed E-state index contributed by atoms with van der Waals surface area (Å²) in [6.07, 6.45) is -1.70. The number of amides is 3. The Balaban J connectivity index is 0.000000218. The zero-order chi connectivity index (χ0) is 35.9. The first kappa shape index (κ1) is 35.7. The van der Waals surface area contributed by atoms with Crippen LogP contribution >= 0.6 is 23.2 Å². The van der Waals surface area contributed by atoms with Gasteiger partial charge in [0.1, 0.15) is 28.1 Å². The molecule has 0 aliphatic rings. The first-order chi connectivity index (χ1) is 22.2. The standard InChI is InChI=1S/C16H15ClN2O6.C15H17ClN2O5/c1-16(2,3)25-14(21)18-6-8-4-7-5-9(17)12-10(11(7)23-8)13(20)19-15(22)24-12;1-15(2,3)18(14(21)22)6-8-4-7-5-9(16)11(19)10(13(17)20)12(7)23-8/h4-5H,6H2,1-3H3,(H,18,21)(H,19,20,22);4-5,19H,6H2,1-3H3,(H2,17,20)(H,21,22). The van der Waals surface area contributed by atoms with Crippen LogP contribution in [0, 0.1) is 0 Å². The lowest BCUT2D eigenvalue weighted by molar-refractivity contribution is 0.0519. The van der Waals surface area contributed by atoms with Gasteiger partial charge in [0.05, 0.1) is 23.1 Å². The van der Waals surface area contributed by atoms with E-state index in [1.807, 2.05) is 4.98 Å². The predicted molar refractivity (Wildman–Crippen MR) is 176 cm³/mol. The van der Waals surface area contributed by atoms with Crippen molar-refractivity contribution in [2.75, 3.05) is 0 Å². The number of ether oxygens (including phenoxy) is 1. The maximum absolute atomic E-state index is 12.1. The van der Waals surface area contributed by atoms with Crippen molar-refractivity contribution in [1.29, 1.82) is 0 Å². The van der Waals surface area contributed by atoms with Crippen LogP contribution in [0.25, 0.3) is 32.9 Å². The van der Waals surface area contributed by atoms with Crippen molar-refractivity contribution in [1.82, 2.24) is 15.2 Å². The molecule has 0 fully saturated rings. The van der Waals surface area contributed by atoms with Crippen LogP contribution in [0.3, 0.4) is 0 Å². The van der Waals surface area contributed by atoms with E-state index in [4.69, 9.17) is 46.9 Å². The molecule has 17 heteroatoms. The molecule has 0 radical (unpaired) electrons. The Kier molecular flexibility index (Phi) is 9.79. The molecule has 0 aliphatic carbocycles. The molecule has 0 saturated carbocycles. The molecular weight excluding hydrogens is 675 g/mol. The highest BCUT2D eigenvalue weighted by atomic mass is 35.5. The first-order valence-electron chi connectivity index (χ1n) is 14.2. The third kappa shape index (κ3) is 7.86. The molecule has 0 saturated heterocycles. The highest BCUT2D eigenvalue weighted by molar-refractivity contribution is 6.36. The molecule has 5 rings (SSSR count). The lowest BCUT2D eigenvalue weighted by atomic mass is 10.1. The summed E-state index contributed by atoms with van der Waals surface area (Å²) < 4.78 is 21.3. The lowest BCUT2D eigenvalue weighted by Crippen LogP contribution is -2.44. The van der Waals surface area contributed by atoms with E-state index >= 15 is 0 Å². The van der Waals surface area contributed by atoms with E-state index < -0.39 is 46.3 Å². The second kappa shape index (κ2) is 13.2. The summed E-state index contributed by atoms with van der Waals surface area (Å²) >= 11 is 11.9. The Morgan fingerprint density at radius 3 is 2.08 bits per heavy atom. The number of carbonyl (C=O) groups is 3. The number of fused-ring (bicyclic) bond motifs is 4. The second-order valence-corrected chi connectivity index (χ2v) is 13.3. The number of benzene rings is 2. The average molecular weight is 708 g/mol. The largest absolute Gasteiger partial charge is 0.505 e. The molecule has 256 valence electrons. The maximum Gasteiger partial charge on any atom is 0.419 e. The SMILES string of the molecule is CC(C)(C)N(Cc1cc2cc(Cl)c(O)c(C(N)=O)c2o1)C(=O)O.CC(C)(C)OC(=O)NCc1cc2cc(Cl)c3oc(=O)[nH]c(=O)c3c2o1. The molecule has 48 heavy (non-hydrogen) atoms. The second-order valence-electron chi connectivity index (χ2n) is 12.5. The molecule has 0 atom stereocenters. The van der Waals surface area contributed by atoms with Crippen LogP contribution in [0.1, 0.15) is 63.4 Å². The minimum Gasteiger partial charge on any atom is -0.505 e. The van der Waals surface area contributed by atoms with Crippen LogP contribution in [-0.4, -0.2) is 49.3 Å². The number of nitrogens with two attached hydrogens (primary N) is 1. The summed E-state index contributed by atoms with van der Waals surface area (Å²) in [6, 6.07) is 6.13. The molecule has 0 bridgehead atoms. The number of carboxylic acid groups (broad SMARTS) is 1. The van der Waals surface area contributed by atoms with E-state index in [2.05, 4.69) is 5.32 Å². The molecule has 0 aliphatic heterocycles. The number of phenols is 1. The summed E-state index contributed by atoms with van der Waals surface area (Å²) in [5.74, 6) is -1.56. The molecule has 3 amide bonds. The zero-order valence-electron chi connectivity index (χ0n) is 26.6. The van der Waals surface area contributed by atoms with Gasteiger partial charge in [-0.05, 0) is 65.8 Å². The number of nitrogens with zero attached hydrogens (tertiary/aromatic N) is 1. The molecular formula is C31H32Cl2N4O11. The van der Waals surface area contributed by atoms with Crippen molar-refractivity contribution >= 4 is 74.2 Å². The van der Waals surface area contributed by atoms with Gasteiger partial charge in [0, 0.05) is 16.3 Å². The number of rotatable bonds is 5. The van der Waals surface area contributed by atoms with E-state index in [0.717, 1.165) is 0 Å². The van der Waals surface area contributed by atoms with E-state index in [1.54, 1.807) is 53.7 Å². The molecule has 2 aromatic carbocycles. The molecule has 15 nitrogen and oxygen atoms in total. The number of carbonyl (C=O) groups excluding carboxylic acids is 2. The van der Waals surface area contributed by atoms with Gasteiger partial charge in [-0.1, -0.05) is 23.2 Å². The number of hydrogen-bond acceptors (Lipinski definition) is 10. The van der Waals surface area contributed by atoms with E-state index in [1.165, 1.54) is 17.0 Å². The van der Waals surface area contributed by atoms with Crippen molar-refractivity contribution < 1.29 is 42.6 Å². The van der Waals surface area contributed by atoms with Gasteiger partial charge in [0.25, 0.3) is 11.5 Å². The van der Waals surface area contributed by atoms with Crippen LogP contribution < -0.4 is 22.4 Å². The van der Waals surface area contributed by atoms with E-state index in [-0.39, 0.29) is 50.8 Å². The monoisotopic (exact) mass is 706 g/mol. The Labute approximate surface area is 281 Å². The minimum atomic E-state index is -1.10. The number of alkyl carbamates (subject to hydrolysis) is 1. The number of aromatic amines is 1. The van der Waals surface area contributed by atoms with Crippen molar-refractivity contribution in [2.45, 2.75) is 65.8 Å². The van der Waals surface area contributed by atoms with Crippen molar-refractivity contribution in [3.63, 3.8) is 0 Å². The molecule has 0 spiro atoms. The number of H-pyrrole nitrogens is 1. The third-order valence-corrected chi connectivity index (χ3v) is 7.16. The Morgan fingerprint density at radius 2 is 1.50 bits per heavy atom. The number of aromatic nitrogens is 1. The van der Waals surface area contributed by atoms with Crippen LogP contribution in [0.15, 0.2) is 47.1 Å².